The van der Waals surface area contributed by atoms with Crippen LogP contribution >= 0.6 is 0 Å². The second kappa shape index (κ2) is 6.83. The van der Waals surface area contributed by atoms with Crippen LogP contribution in [0.15, 0.2) is 58.1 Å². The van der Waals surface area contributed by atoms with Crippen LogP contribution in [-0.4, -0.2) is 30.5 Å². The van der Waals surface area contributed by atoms with Gasteiger partial charge < -0.3 is 21.1 Å². The Balaban J connectivity index is 2.37. The summed E-state index contributed by atoms with van der Waals surface area (Å²) in [5.41, 5.74) is 4.06. The van der Waals surface area contributed by atoms with Crippen molar-refractivity contribution in [3.63, 3.8) is 0 Å². The Labute approximate surface area is 157 Å². The van der Waals surface area contributed by atoms with Gasteiger partial charge in [0.25, 0.3) is 5.56 Å². The minimum absolute atomic E-state index is 0.148. The van der Waals surface area contributed by atoms with Crippen LogP contribution in [0.2, 0.25) is 0 Å². The molecule has 144 valence electrons. The van der Waals surface area contributed by atoms with Gasteiger partial charge in [-0.05, 0) is 24.3 Å². The molecule has 3 rings (SSSR count). The van der Waals surface area contributed by atoms with Gasteiger partial charge >= 0.3 is 11.8 Å². The molecular formula is C18H16N4O6. The Morgan fingerprint density at radius 2 is 1.68 bits per heavy atom. The second-order valence-corrected chi connectivity index (χ2v) is 5.84. The fraction of sp³-hybridized carbons (Fsp3) is 0.0556. The highest BCUT2D eigenvalue weighted by Crippen LogP contribution is 2.34. The molecule has 0 saturated carbocycles. The number of amides is 1. The van der Waals surface area contributed by atoms with E-state index in [-0.39, 0.29) is 5.69 Å². The van der Waals surface area contributed by atoms with E-state index in [0.29, 0.717) is 10.6 Å². The van der Waals surface area contributed by atoms with Crippen molar-refractivity contribution >= 4 is 23.3 Å². The quantitative estimate of drug-likeness (QED) is 0.497. The number of aromatic nitrogens is 2. The number of hydrogen-bond acceptors (Lipinski definition) is 6. The molecule has 0 saturated heterocycles. The summed E-state index contributed by atoms with van der Waals surface area (Å²) >= 11 is 0. The third kappa shape index (κ3) is 2.92. The molecule has 0 atom stereocenters. The highest BCUT2D eigenvalue weighted by molar-refractivity contribution is 5.97. The summed E-state index contributed by atoms with van der Waals surface area (Å²) in [4.78, 5) is 37.8. The third-order valence-corrected chi connectivity index (χ3v) is 4.12. The maximum absolute atomic E-state index is 12.7. The molecule has 0 fully saturated rings. The predicted octanol–water partition coefficient (Wildman–Crippen LogP) is 1.35. The Morgan fingerprint density at radius 1 is 1.04 bits per heavy atom. The minimum Gasteiger partial charge on any atom is -0.504 e. The fourth-order valence-electron chi connectivity index (χ4n) is 2.74. The molecule has 2 aromatic carbocycles. The first-order chi connectivity index (χ1) is 13.2. The van der Waals surface area contributed by atoms with Crippen molar-refractivity contribution in [1.82, 2.24) is 9.13 Å². The number of para-hydroxylation sites is 1. The first kappa shape index (κ1) is 18.6. The van der Waals surface area contributed by atoms with E-state index in [4.69, 9.17) is 5.73 Å². The Hall–Kier alpha value is -4.21. The summed E-state index contributed by atoms with van der Waals surface area (Å²) in [5.74, 6) is -1.45. The lowest BCUT2D eigenvalue weighted by atomic mass is 10.2. The number of nitrogens with zero attached hydrogens (tertiary/aromatic N) is 3. The molecule has 0 aliphatic carbocycles. The minimum atomic E-state index is -1.58. The van der Waals surface area contributed by atoms with Crippen LogP contribution < -0.4 is 21.9 Å². The van der Waals surface area contributed by atoms with Gasteiger partial charge in [0, 0.05) is 13.1 Å². The lowest BCUT2D eigenvalue weighted by molar-refractivity contribution is 0.204. The number of rotatable bonds is 3. The Kier molecular flexibility index (Phi) is 4.53. The van der Waals surface area contributed by atoms with Gasteiger partial charge in [0.1, 0.15) is 5.82 Å². The topological polar surface area (TPSA) is 151 Å². The summed E-state index contributed by atoms with van der Waals surface area (Å²) in [6.45, 7) is 0. The monoisotopic (exact) mass is 384 g/mol. The van der Waals surface area contributed by atoms with Gasteiger partial charge in [0.15, 0.2) is 17.2 Å². The summed E-state index contributed by atoms with van der Waals surface area (Å²) in [5, 5.41) is 28.9. The molecule has 1 amide bonds. The highest BCUT2D eigenvalue weighted by atomic mass is 16.4. The molecule has 0 aliphatic heterocycles. The van der Waals surface area contributed by atoms with Gasteiger partial charge in [-0.1, -0.05) is 18.2 Å². The average molecular weight is 384 g/mol. The van der Waals surface area contributed by atoms with Crippen LogP contribution in [0.5, 0.6) is 11.5 Å². The van der Waals surface area contributed by atoms with E-state index >= 15 is 0 Å². The summed E-state index contributed by atoms with van der Waals surface area (Å²) in [6.07, 6.45) is -1.58. The summed E-state index contributed by atoms with van der Waals surface area (Å²) in [7, 11) is 1.20. The van der Waals surface area contributed by atoms with Gasteiger partial charge in [0.05, 0.1) is 11.4 Å². The number of benzene rings is 2. The summed E-state index contributed by atoms with van der Waals surface area (Å²) in [6, 6.07) is 11.4. The highest BCUT2D eigenvalue weighted by Gasteiger charge is 2.28. The van der Waals surface area contributed by atoms with Crippen LogP contribution in [0.1, 0.15) is 0 Å². The lowest BCUT2D eigenvalue weighted by Crippen LogP contribution is -2.43. The van der Waals surface area contributed by atoms with Gasteiger partial charge in [0.2, 0.25) is 0 Å². The van der Waals surface area contributed by atoms with Crippen molar-refractivity contribution in [2.45, 2.75) is 0 Å². The van der Waals surface area contributed by atoms with E-state index in [1.807, 2.05) is 0 Å². The number of carboxylic acid groups (broad SMARTS) is 1. The predicted molar refractivity (Wildman–Crippen MR) is 102 cm³/mol. The van der Waals surface area contributed by atoms with Crippen LogP contribution in [-0.2, 0) is 7.05 Å². The molecule has 10 nitrogen and oxygen atoms in total. The molecule has 5 N–H and O–H groups in total. The van der Waals surface area contributed by atoms with Crippen molar-refractivity contribution in [3.8, 4) is 17.2 Å². The molecule has 1 aromatic heterocycles. The Bertz CT molecular complexity index is 1180. The number of aromatic hydroxyl groups is 2. The lowest BCUT2D eigenvalue weighted by Gasteiger charge is -2.23. The first-order valence-electron chi connectivity index (χ1n) is 7.96. The van der Waals surface area contributed by atoms with Crippen LogP contribution in [0.25, 0.3) is 5.69 Å². The molecule has 0 radical (unpaired) electrons. The zero-order valence-corrected chi connectivity index (χ0v) is 14.6. The maximum atomic E-state index is 12.7. The number of anilines is 3. The van der Waals surface area contributed by atoms with Gasteiger partial charge in [-0.3, -0.25) is 9.36 Å². The van der Waals surface area contributed by atoms with Gasteiger partial charge in [-0.2, -0.15) is 0 Å². The third-order valence-electron chi connectivity index (χ3n) is 4.12. The standard InChI is InChI=1S/C18H16N4O6/c1-20-16(25)14(15(19)22(17(20)26)10-5-3-2-4-6-10)21(18(27)28)11-7-8-12(23)13(24)9-11/h2-9,23-24H,19H2,1H3,(H,27,28). The molecule has 0 bridgehead atoms. The van der Waals surface area contributed by atoms with Crippen molar-refractivity contribution in [3.05, 3.63) is 69.4 Å². The zero-order valence-electron chi connectivity index (χ0n) is 14.6. The SMILES string of the molecule is Cn1c(=O)c(N(C(=O)O)c2ccc(O)c(O)c2)c(N)n(-c2ccccc2)c1=O. The van der Waals surface area contributed by atoms with E-state index in [1.54, 1.807) is 30.3 Å². The second-order valence-electron chi connectivity index (χ2n) is 5.84. The van der Waals surface area contributed by atoms with Gasteiger partial charge in [-0.15, -0.1) is 0 Å². The summed E-state index contributed by atoms with van der Waals surface area (Å²) < 4.78 is 1.74. The van der Waals surface area contributed by atoms with E-state index in [0.717, 1.165) is 21.3 Å². The largest absolute Gasteiger partial charge is 0.504 e. The number of hydrogen-bond donors (Lipinski definition) is 4. The molecule has 0 unspecified atom stereocenters. The number of phenols is 2. The number of nitrogens with two attached hydrogens (primary N) is 1. The molecule has 28 heavy (non-hydrogen) atoms. The smallest absolute Gasteiger partial charge is 0.416 e. The van der Waals surface area contributed by atoms with E-state index in [9.17, 15) is 29.7 Å². The number of phenolic OH excluding ortho intramolecular Hbond substituents is 2. The van der Waals surface area contributed by atoms with Crippen LogP contribution in [0.4, 0.5) is 22.0 Å². The van der Waals surface area contributed by atoms with Crippen molar-refractivity contribution in [2.24, 2.45) is 7.05 Å². The Morgan fingerprint density at radius 3 is 2.25 bits per heavy atom. The van der Waals surface area contributed by atoms with Gasteiger partial charge in [-0.25, -0.2) is 19.1 Å². The van der Waals surface area contributed by atoms with Crippen molar-refractivity contribution in [2.75, 3.05) is 10.6 Å². The van der Waals surface area contributed by atoms with E-state index in [2.05, 4.69) is 0 Å². The van der Waals surface area contributed by atoms with Crippen molar-refractivity contribution in [1.29, 1.82) is 0 Å². The van der Waals surface area contributed by atoms with Crippen molar-refractivity contribution < 1.29 is 20.1 Å². The normalized spacial score (nSPS) is 10.6. The molecule has 3 aromatic rings. The molecule has 0 spiro atoms. The fourth-order valence-corrected chi connectivity index (χ4v) is 2.74. The molecule has 1 heterocycles. The van der Waals surface area contributed by atoms with E-state index < -0.39 is 40.3 Å². The average Bonchev–Trinajstić information content (AvgIpc) is 2.66. The zero-order chi connectivity index (χ0) is 20.6. The molecular weight excluding hydrogens is 368 g/mol. The van der Waals surface area contributed by atoms with E-state index in [1.165, 1.54) is 13.1 Å². The number of nitrogen functional groups attached to an aromatic ring is 1. The number of carbonyl (C=O) groups is 1. The molecule has 0 aliphatic rings. The molecule has 10 heteroatoms. The van der Waals surface area contributed by atoms with Crippen LogP contribution in [0, 0.1) is 0 Å². The van der Waals surface area contributed by atoms with Crippen LogP contribution in [0.3, 0.4) is 0 Å². The maximum Gasteiger partial charge on any atom is 0.416 e. The first-order valence-corrected chi connectivity index (χ1v) is 7.96.